The molecule has 0 saturated carbocycles. The fourth-order valence-electron chi connectivity index (χ4n) is 1.17. The quantitative estimate of drug-likeness (QED) is 0.592. The molecule has 2 aromatic rings. The number of hydrogen-bond donors (Lipinski definition) is 0. The number of Topliss-reactive ketones (excluding diaryl/α,β-unsaturated/α-hetero) is 1. The summed E-state index contributed by atoms with van der Waals surface area (Å²) in [6, 6.07) is 5.46. The second-order valence-corrected chi connectivity index (χ2v) is 3.23. The lowest BCUT2D eigenvalue weighted by atomic mass is 10.2. The van der Waals surface area contributed by atoms with E-state index in [1.165, 1.54) is 0 Å². The van der Waals surface area contributed by atoms with E-state index >= 15 is 0 Å². The highest BCUT2D eigenvalue weighted by molar-refractivity contribution is 9.09. The van der Waals surface area contributed by atoms with Gasteiger partial charge < -0.3 is 0 Å². The summed E-state index contributed by atoms with van der Waals surface area (Å²) < 4.78 is 1.73. The monoisotopic (exact) mass is 238 g/mol. The summed E-state index contributed by atoms with van der Waals surface area (Å²) in [6.07, 6.45) is 3.49. The molecule has 0 aliphatic heterocycles. The number of fused-ring (bicyclic) bond motifs is 1. The summed E-state index contributed by atoms with van der Waals surface area (Å²) in [5.74, 6) is 0.0868. The van der Waals surface area contributed by atoms with Crippen LogP contribution in [0.1, 0.15) is 10.4 Å². The molecular weight excluding hydrogens is 232 g/mol. The van der Waals surface area contributed by atoms with Gasteiger partial charge in [0.1, 0.15) is 0 Å². The van der Waals surface area contributed by atoms with Gasteiger partial charge in [0, 0.05) is 18.0 Å². The molecule has 0 spiro atoms. The van der Waals surface area contributed by atoms with Gasteiger partial charge in [0.25, 0.3) is 0 Å². The topological polar surface area (TPSA) is 34.4 Å². The number of halogens is 1. The summed E-state index contributed by atoms with van der Waals surface area (Å²) >= 11 is 3.13. The van der Waals surface area contributed by atoms with Crippen LogP contribution in [-0.4, -0.2) is 20.7 Å². The Morgan fingerprint density at radius 1 is 1.54 bits per heavy atom. The molecule has 4 heteroatoms. The molecule has 0 amide bonds. The highest BCUT2D eigenvalue weighted by atomic mass is 79.9. The highest BCUT2D eigenvalue weighted by Gasteiger charge is 2.04. The fraction of sp³-hybridized carbons (Fsp3) is 0.111. The molecule has 0 saturated heterocycles. The van der Waals surface area contributed by atoms with E-state index in [1.54, 1.807) is 23.0 Å². The number of carbonyl (C=O) groups is 1. The fourth-order valence-corrected chi connectivity index (χ4v) is 1.50. The standard InChI is InChI=1S/C9H7BrN2O/c10-6-9(13)7-2-4-12-8(5-7)1-3-11-12/h1-5H,6H2. The maximum atomic E-state index is 11.3. The number of hydrogen-bond acceptors (Lipinski definition) is 2. The first-order chi connectivity index (χ1) is 6.31. The number of aromatic nitrogens is 2. The SMILES string of the molecule is O=C(CBr)c1ccn2nccc2c1. The van der Waals surface area contributed by atoms with Crippen molar-refractivity contribution in [3.05, 3.63) is 36.2 Å². The maximum Gasteiger partial charge on any atom is 0.173 e. The normalized spacial score (nSPS) is 10.5. The van der Waals surface area contributed by atoms with Gasteiger partial charge in [-0.25, -0.2) is 4.52 Å². The molecule has 0 unspecified atom stereocenters. The number of rotatable bonds is 2. The third kappa shape index (κ3) is 1.49. The van der Waals surface area contributed by atoms with Gasteiger partial charge in [-0.1, -0.05) is 15.9 Å². The second-order valence-electron chi connectivity index (χ2n) is 2.67. The van der Waals surface area contributed by atoms with Crippen LogP contribution in [0.25, 0.3) is 5.52 Å². The van der Waals surface area contributed by atoms with Gasteiger partial charge in [-0.2, -0.15) is 5.10 Å². The van der Waals surface area contributed by atoms with E-state index in [1.807, 2.05) is 12.1 Å². The molecule has 0 aliphatic carbocycles. The average Bonchev–Trinajstić information content (AvgIpc) is 2.63. The van der Waals surface area contributed by atoms with Gasteiger partial charge in [-0.3, -0.25) is 4.79 Å². The lowest BCUT2D eigenvalue weighted by Gasteiger charge is -1.97. The summed E-state index contributed by atoms with van der Waals surface area (Å²) in [6.45, 7) is 0. The summed E-state index contributed by atoms with van der Waals surface area (Å²) in [5, 5.41) is 4.40. The smallest absolute Gasteiger partial charge is 0.173 e. The largest absolute Gasteiger partial charge is 0.293 e. The van der Waals surface area contributed by atoms with Crippen LogP contribution in [0, 0.1) is 0 Å². The highest BCUT2D eigenvalue weighted by Crippen LogP contribution is 2.07. The first-order valence-corrected chi connectivity index (χ1v) is 4.96. The zero-order chi connectivity index (χ0) is 9.26. The first kappa shape index (κ1) is 8.44. The van der Waals surface area contributed by atoms with Crippen LogP contribution >= 0.6 is 15.9 Å². The Kier molecular flexibility index (Phi) is 2.14. The van der Waals surface area contributed by atoms with Crippen molar-refractivity contribution in [2.75, 3.05) is 5.33 Å². The second kappa shape index (κ2) is 3.30. The molecule has 0 radical (unpaired) electrons. The van der Waals surface area contributed by atoms with E-state index in [-0.39, 0.29) is 5.78 Å². The van der Waals surface area contributed by atoms with Crippen molar-refractivity contribution in [3.8, 4) is 0 Å². The number of nitrogens with zero attached hydrogens (tertiary/aromatic N) is 2. The van der Waals surface area contributed by atoms with E-state index in [9.17, 15) is 4.79 Å². The van der Waals surface area contributed by atoms with E-state index < -0.39 is 0 Å². The zero-order valence-electron chi connectivity index (χ0n) is 6.77. The Labute approximate surface area is 83.5 Å². The van der Waals surface area contributed by atoms with Crippen LogP contribution in [0.4, 0.5) is 0 Å². The van der Waals surface area contributed by atoms with Crippen molar-refractivity contribution in [3.63, 3.8) is 0 Å². The molecule has 2 heterocycles. The first-order valence-electron chi connectivity index (χ1n) is 3.84. The van der Waals surface area contributed by atoms with Crippen LogP contribution in [0.2, 0.25) is 0 Å². The summed E-state index contributed by atoms with van der Waals surface area (Å²) in [7, 11) is 0. The Bertz CT molecular complexity index is 450. The Morgan fingerprint density at radius 3 is 3.15 bits per heavy atom. The van der Waals surface area contributed by atoms with Crippen LogP contribution in [0.15, 0.2) is 30.6 Å². The van der Waals surface area contributed by atoms with Crippen molar-refractivity contribution in [1.29, 1.82) is 0 Å². The van der Waals surface area contributed by atoms with E-state index in [0.29, 0.717) is 10.9 Å². The molecule has 13 heavy (non-hydrogen) atoms. The molecule has 0 aliphatic rings. The lowest BCUT2D eigenvalue weighted by Crippen LogP contribution is -2.00. The minimum absolute atomic E-state index is 0.0868. The van der Waals surface area contributed by atoms with Gasteiger partial charge in [-0.15, -0.1) is 0 Å². The van der Waals surface area contributed by atoms with Crippen molar-refractivity contribution in [2.45, 2.75) is 0 Å². The lowest BCUT2D eigenvalue weighted by molar-refractivity contribution is 0.102. The molecular formula is C9H7BrN2O. The maximum absolute atomic E-state index is 11.3. The van der Waals surface area contributed by atoms with Crippen LogP contribution in [0.5, 0.6) is 0 Å². The average molecular weight is 239 g/mol. The van der Waals surface area contributed by atoms with Crippen LogP contribution in [0.3, 0.4) is 0 Å². The van der Waals surface area contributed by atoms with Gasteiger partial charge in [0.2, 0.25) is 0 Å². The molecule has 0 aromatic carbocycles. The van der Waals surface area contributed by atoms with Crippen molar-refractivity contribution in [1.82, 2.24) is 9.61 Å². The summed E-state index contributed by atoms with van der Waals surface area (Å²) in [4.78, 5) is 11.3. The molecule has 0 fully saturated rings. The van der Waals surface area contributed by atoms with Crippen LogP contribution < -0.4 is 0 Å². The molecule has 0 N–H and O–H groups in total. The van der Waals surface area contributed by atoms with Gasteiger partial charge >= 0.3 is 0 Å². The molecule has 3 nitrogen and oxygen atoms in total. The molecule has 0 atom stereocenters. The third-order valence-electron chi connectivity index (χ3n) is 1.84. The van der Waals surface area contributed by atoms with E-state index in [4.69, 9.17) is 0 Å². The van der Waals surface area contributed by atoms with Gasteiger partial charge in [0.15, 0.2) is 5.78 Å². The number of carbonyl (C=O) groups excluding carboxylic acids is 1. The van der Waals surface area contributed by atoms with E-state index in [2.05, 4.69) is 21.0 Å². The minimum atomic E-state index is 0.0868. The predicted molar refractivity (Wildman–Crippen MR) is 53.3 cm³/mol. The molecule has 66 valence electrons. The van der Waals surface area contributed by atoms with Crippen molar-refractivity contribution < 1.29 is 4.79 Å². The van der Waals surface area contributed by atoms with Crippen LogP contribution in [-0.2, 0) is 0 Å². The molecule has 2 rings (SSSR count). The molecule has 0 bridgehead atoms. The van der Waals surface area contributed by atoms with Crippen molar-refractivity contribution in [2.24, 2.45) is 0 Å². The van der Waals surface area contributed by atoms with E-state index in [0.717, 1.165) is 5.52 Å². The Hall–Kier alpha value is -1.16. The minimum Gasteiger partial charge on any atom is -0.293 e. The summed E-state index contributed by atoms with van der Waals surface area (Å²) in [5.41, 5.74) is 1.65. The Balaban J connectivity index is 2.54. The molecule has 2 aromatic heterocycles. The number of pyridine rings is 1. The predicted octanol–water partition coefficient (Wildman–Crippen LogP) is 1.91. The van der Waals surface area contributed by atoms with Crippen molar-refractivity contribution >= 4 is 27.2 Å². The number of ketones is 1. The van der Waals surface area contributed by atoms with Gasteiger partial charge in [-0.05, 0) is 18.2 Å². The Morgan fingerprint density at radius 2 is 2.38 bits per heavy atom. The van der Waals surface area contributed by atoms with Gasteiger partial charge in [0.05, 0.1) is 10.8 Å². The zero-order valence-corrected chi connectivity index (χ0v) is 8.36. The number of alkyl halides is 1. The third-order valence-corrected chi connectivity index (χ3v) is 2.35.